The molecule has 132 valence electrons. The molecule has 0 unspecified atom stereocenters. The molecule has 6 nitrogen and oxygen atoms in total. The molecule has 0 atom stereocenters. The number of nitrogens with zero attached hydrogens (tertiary/aromatic N) is 2. The summed E-state index contributed by atoms with van der Waals surface area (Å²) >= 11 is 6.01. The monoisotopic (exact) mass is 379 g/mol. The Balaban J connectivity index is 1.77. The fraction of sp³-hybridized carbons (Fsp3) is 0.294. The lowest BCUT2D eigenvalue weighted by Crippen LogP contribution is -2.26. The zero-order chi connectivity index (χ0) is 18.0. The number of carbonyl (C=O) groups is 1. The van der Waals surface area contributed by atoms with Crippen LogP contribution in [0.1, 0.15) is 24.0 Å². The van der Waals surface area contributed by atoms with Gasteiger partial charge in [-0.2, -0.15) is 0 Å². The zero-order valence-corrected chi connectivity index (χ0v) is 15.3. The van der Waals surface area contributed by atoms with Gasteiger partial charge >= 0.3 is 0 Å². The molecule has 0 aliphatic carbocycles. The van der Waals surface area contributed by atoms with Gasteiger partial charge in [-0.3, -0.25) is 9.69 Å². The second-order valence-electron chi connectivity index (χ2n) is 5.86. The van der Waals surface area contributed by atoms with E-state index in [0.29, 0.717) is 29.4 Å². The molecule has 1 aromatic carbocycles. The third-order valence-electron chi connectivity index (χ3n) is 4.13. The van der Waals surface area contributed by atoms with Crippen molar-refractivity contribution in [2.75, 3.05) is 11.4 Å². The average Bonchev–Trinajstić information content (AvgIpc) is 3.02. The molecule has 0 saturated carbocycles. The van der Waals surface area contributed by atoms with Gasteiger partial charge in [-0.1, -0.05) is 17.7 Å². The second-order valence-corrected chi connectivity index (χ2v) is 8.00. The van der Waals surface area contributed by atoms with Gasteiger partial charge in [0, 0.05) is 30.7 Å². The van der Waals surface area contributed by atoms with Crippen molar-refractivity contribution in [1.29, 1.82) is 0 Å². The highest BCUT2D eigenvalue weighted by molar-refractivity contribution is 7.89. The summed E-state index contributed by atoms with van der Waals surface area (Å²) in [5.41, 5.74) is 1.24. The maximum Gasteiger partial charge on any atom is 0.241 e. The number of halogens is 1. The molecule has 1 aromatic heterocycles. The van der Waals surface area contributed by atoms with Crippen LogP contribution in [0, 0.1) is 6.92 Å². The summed E-state index contributed by atoms with van der Waals surface area (Å²) in [5, 5.41) is 0.404. The molecule has 2 heterocycles. The Hall–Kier alpha value is -1.96. The maximum absolute atomic E-state index is 12.5. The van der Waals surface area contributed by atoms with Gasteiger partial charge in [0.2, 0.25) is 15.9 Å². The van der Waals surface area contributed by atoms with Crippen LogP contribution in [0.5, 0.6) is 0 Å². The first-order chi connectivity index (χ1) is 11.9. The first-order valence-corrected chi connectivity index (χ1v) is 9.75. The lowest BCUT2D eigenvalue weighted by atomic mass is 10.2. The molecule has 3 rings (SSSR count). The number of hydrogen-bond acceptors (Lipinski definition) is 4. The fourth-order valence-corrected chi connectivity index (χ4v) is 4.26. The summed E-state index contributed by atoms with van der Waals surface area (Å²) in [6, 6.07) is 8.23. The number of pyridine rings is 1. The molecule has 1 aliphatic heterocycles. The summed E-state index contributed by atoms with van der Waals surface area (Å²) in [6.07, 6.45) is 2.91. The van der Waals surface area contributed by atoms with Gasteiger partial charge < -0.3 is 0 Å². The predicted octanol–water partition coefficient (Wildman–Crippen LogP) is 2.65. The number of sulfonamides is 1. The van der Waals surface area contributed by atoms with Gasteiger partial charge in [0.1, 0.15) is 5.82 Å². The van der Waals surface area contributed by atoms with E-state index in [1.54, 1.807) is 42.3 Å². The van der Waals surface area contributed by atoms with Crippen molar-refractivity contribution in [1.82, 2.24) is 9.71 Å². The van der Waals surface area contributed by atoms with Crippen LogP contribution >= 0.6 is 11.6 Å². The smallest absolute Gasteiger partial charge is 0.241 e. The summed E-state index contributed by atoms with van der Waals surface area (Å²) in [5.74, 6) is 0.595. The van der Waals surface area contributed by atoms with E-state index in [0.717, 1.165) is 12.0 Å². The Kier molecular flexibility index (Phi) is 5.08. The Bertz CT molecular complexity index is 915. The third kappa shape index (κ3) is 3.84. The molecular weight excluding hydrogens is 362 g/mol. The zero-order valence-electron chi connectivity index (χ0n) is 13.7. The Labute approximate surface area is 151 Å². The molecule has 1 amide bonds. The molecule has 1 aliphatic rings. The molecule has 2 aromatic rings. The SMILES string of the molecule is Cc1c(Cl)cccc1S(=O)(=O)NCc1ccnc(N2CCCC2=O)c1. The summed E-state index contributed by atoms with van der Waals surface area (Å²) < 4.78 is 27.6. The number of carbonyl (C=O) groups excluding carboxylic acids is 1. The molecule has 1 N–H and O–H groups in total. The first kappa shape index (κ1) is 17.8. The van der Waals surface area contributed by atoms with E-state index in [4.69, 9.17) is 11.6 Å². The molecule has 1 fully saturated rings. The van der Waals surface area contributed by atoms with Crippen molar-refractivity contribution in [2.45, 2.75) is 31.2 Å². The van der Waals surface area contributed by atoms with Gasteiger partial charge in [-0.25, -0.2) is 18.1 Å². The van der Waals surface area contributed by atoms with Gasteiger partial charge in [0.05, 0.1) is 4.90 Å². The van der Waals surface area contributed by atoms with Gasteiger partial charge in [0.15, 0.2) is 0 Å². The van der Waals surface area contributed by atoms with E-state index in [1.165, 1.54) is 6.07 Å². The highest BCUT2D eigenvalue weighted by Gasteiger charge is 2.23. The van der Waals surface area contributed by atoms with Gasteiger partial charge in [-0.15, -0.1) is 0 Å². The number of hydrogen-bond donors (Lipinski definition) is 1. The van der Waals surface area contributed by atoms with Crippen LogP contribution < -0.4 is 9.62 Å². The van der Waals surface area contributed by atoms with E-state index in [-0.39, 0.29) is 17.3 Å². The minimum absolute atomic E-state index is 0.0415. The number of amides is 1. The molecule has 25 heavy (non-hydrogen) atoms. The van der Waals surface area contributed by atoms with E-state index in [1.807, 2.05) is 0 Å². The second kappa shape index (κ2) is 7.11. The lowest BCUT2D eigenvalue weighted by Gasteiger charge is -2.15. The normalized spacial score (nSPS) is 15.0. The number of anilines is 1. The Morgan fingerprint density at radius 1 is 1.32 bits per heavy atom. The van der Waals surface area contributed by atoms with Crippen molar-refractivity contribution >= 4 is 33.3 Å². The summed E-state index contributed by atoms with van der Waals surface area (Å²) in [6.45, 7) is 2.41. The molecule has 0 bridgehead atoms. The highest BCUT2D eigenvalue weighted by atomic mass is 35.5. The largest absolute Gasteiger partial charge is 0.297 e. The van der Waals surface area contributed by atoms with E-state index in [9.17, 15) is 13.2 Å². The summed E-state index contributed by atoms with van der Waals surface area (Å²) in [7, 11) is -3.69. The van der Waals surface area contributed by atoms with Crippen LogP contribution in [0.15, 0.2) is 41.4 Å². The van der Waals surface area contributed by atoms with Crippen molar-refractivity contribution in [3.05, 3.63) is 52.7 Å². The van der Waals surface area contributed by atoms with E-state index >= 15 is 0 Å². The number of benzene rings is 1. The molecule has 0 radical (unpaired) electrons. The molecule has 1 saturated heterocycles. The van der Waals surface area contributed by atoms with Gasteiger partial charge in [0.25, 0.3) is 0 Å². The minimum atomic E-state index is -3.69. The third-order valence-corrected chi connectivity index (χ3v) is 6.09. The van der Waals surface area contributed by atoms with Crippen LogP contribution in [-0.2, 0) is 21.4 Å². The van der Waals surface area contributed by atoms with Crippen molar-refractivity contribution in [2.24, 2.45) is 0 Å². The van der Waals surface area contributed by atoms with Crippen molar-refractivity contribution in [3.8, 4) is 0 Å². The highest BCUT2D eigenvalue weighted by Crippen LogP contribution is 2.23. The van der Waals surface area contributed by atoms with Crippen LogP contribution in [0.2, 0.25) is 5.02 Å². The van der Waals surface area contributed by atoms with Crippen LogP contribution in [0.3, 0.4) is 0 Å². The topological polar surface area (TPSA) is 79.4 Å². The number of nitrogens with one attached hydrogen (secondary N) is 1. The minimum Gasteiger partial charge on any atom is -0.297 e. The maximum atomic E-state index is 12.5. The van der Waals surface area contributed by atoms with Crippen molar-refractivity contribution in [3.63, 3.8) is 0 Å². The molecule has 8 heteroatoms. The lowest BCUT2D eigenvalue weighted by molar-refractivity contribution is -0.117. The average molecular weight is 380 g/mol. The van der Waals surface area contributed by atoms with Crippen LogP contribution in [0.4, 0.5) is 5.82 Å². The standard InChI is InChI=1S/C17H18ClN3O3S/c1-12-14(18)4-2-5-15(12)25(23,24)20-11-13-7-8-19-16(10-13)21-9-3-6-17(21)22/h2,4-5,7-8,10,20H,3,6,9,11H2,1H3. The molecule has 0 spiro atoms. The first-order valence-electron chi connectivity index (χ1n) is 7.88. The van der Waals surface area contributed by atoms with Crippen molar-refractivity contribution < 1.29 is 13.2 Å². The molecular formula is C17H18ClN3O3S. The van der Waals surface area contributed by atoms with E-state index < -0.39 is 10.0 Å². The summed E-state index contributed by atoms with van der Waals surface area (Å²) in [4.78, 5) is 17.8. The van der Waals surface area contributed by atoms with Gasteiger partial charge in [-0.05, 0) is 48.7 Å². The number of rotatable bonds is 5. The fourth-order valence-electron chi connectivity index (χ4n) is 2.74. The quantitative estimate of drug-likeness (QED) is 0.866. The predicted molar refractivity (Wildman–Crippen MR) is 96.0 cm³/mol. The van der Waals surface area contributed by atoms with Crippen LogP contribution in [-0.4, -0.2) is 25.9 Å². The van der Waals surface area contributed by atoms with Crippen LogP contribution in [0.25, 0.3) is 0 Å². The number of aromatic nitrogens is 1. The Morgan fingerprint density at radius 3 is 2.84 bits per heavy atom. The Morgan fingerprint density at radius 2 is 2.12 bits per heavy atom. The van der Waals surface area contributed by atoms with E-state index in [2.05, 4.69) is 9.71 Å².